The summed E-state index contributed by atoms with van der Waals surface area (Å²) in [5.41, 5.74) is 7.68. The molecule has 136 valence electrons. The molecule has 0 saturated heterocycles. The number of primary amides is 1. The summed E-state index contributed by atoms with van der Waals surface area (Å²) in [6.45, 7) is 2.18. The van der Waals surface area contributed by atoms with Gasteiger partial charge in [-0.25, -0.2) is 0 Å². The van der Waals surface area contributed by atoms with Crippen molar-refractivity contribution in [3.63, 3.8) is 0 Å². The highest BCUT2D eigenvalue weighted by Crippen LogP contribution is 2.39. The summed E-state index contributed by atoms with van der Waals surface area (Å²) in [5, 5.41) is 4.30. The Morgan fingerprint density at radius 3 is 2.81 bits per heavy atom. The molecule has 0 saturated carbocycles. The van der Waals surface area contributed by atoms with E-state index in [1.54, 1.807) is 24.3 Å². The van der Waals surface area contributed by atoms with Crippen molar-refractivity contribution >= 4 is 57.4 Å². The maximum absolute atomic E-state index is 12.3. The topological polar surface area (TPSA) is 72.2 Å². The summed E-state index contributed by atoms with van der Waals surface area (Å²) in [6, 6.07) is 5.04. The Morgan fingerprint density at radius 1 is 1.35 bits per heavy atom. The van der Waals surface area contributed by atoms with Crippen molar-refractivity contribution in [3.8, 4) is 0 Å². The first-order chi connectivity index (χ1) is 12.3. The van der Waals surface area contributed by atoms with E-state index < -0.39 is 5.91 Å². The van der Waals surface area contributed by atoms with Crippen LogP contribution in [0.5, 0.6) is 0 Å². The fourth-order valence-electron chi connectivity index (χ4n) is 3.06. The van der Waals surface area contributed by atoms with Crippen molar-refractivity contribution in [2.75, 3.05) is 5.32 Å². The number of nitrogens with two attached hydrogens (primary N) is 1. The van der Waals surface area contributed by atoms with Gasteiger partial charge >= 0.3 is 0 Å². The third kappa shape index (κ3) is 4.11. The minimum Gasteiger partial charge on any atom is -0.365 e. The fourth-order valence-corrected chi connectivity index (χ4v) is 4.95. The van der Waals surface area contributed by atoms with Gasteiger partial charge in [-0.3, -0.25) is 9.59 Å². The largest absolute Gasteiger partial charge is 0.365 e. The van der Waals surface area contributed by atoms with E-state index in [4.69, 9.17) is 28.9 Å². The Hall–Kier alpha value is -1.82. The summed E-state index contributed by atoms with van der Waals surface area (Å²) < 4.78 is 0. The molecule has 1 heterocycles. The van der Waals surface area contributed by atoms with Gasteiger partial charge in [0.1, 0.15) is 5.00 Å². The van der Waals surface area contributed by atoms with Crippen LogP contribution in [0.3, 0.4) is 0 Å². The highest BCUT2D eigenvalue weighted by Gasteiger charge is 2.26. The van der Waals surface area contributed by atoms with E-state index >= 15 is 0 Å². The predicted molar refractivity (Wildman–Crippen MR) is 108 cm³/mol. The van der Waals surface area contributed by atoms with Gasteiger partial charge in [-0.15, -0.1) is 11.3 Å². The minimum atomic E-state index is -0.503. The quantitative estimate of drug-likeness (QED) is 0.703. The lowest BCUT2D eigenvalue weighted by Gasteiger charge is -2.18. The Bertz CT molecular complexity index is 905. The third-order valence-electron chi connectivity index (χ3n) is 4.37. The molecule has 0 aliphatic heterocycles. The van der Waals surface area contributed by atoms with Crippen molar-refractivity contribution in [2.45, 2.75) is 26.2 Å². The molecule has 1 aromatic carbocycles. The van der Waals surface area contributed by atoms with Crippen molar-refractivity contribution in [2.24, 2.45) is 11.7 Å². The molecular formula is C19H18Cl2N2O2S. The van der Waals surface area contributed by atoms with Gasteiger partial charge in [0.05, 0.1) is 5.56 Å². The number of rotatable bonds is 4. The highest BCUT2D eigenvalue weighted by atomic mass is 35.5. The number of thiophene rings is 1. The van der Waals surface area contributed by atoms with Crippen LogP contribution in [-0.4, -0.2) is 11.8 Å². The number of fused-ring (bicyclic) bond motifs is 1. The molecule has 1 aromatic heterocycles. The lowest BCUT2D eigenvalue weighted by Crippen LogP contribution is -2.18. The first-order valence-electron chi connectivity index (χ1n) is 8.23. The summed E-state index contributed by atoms with van der Waals surface area (Å²) in [7, 11) is 0. The maximum Gasteiger partial charge on any atom is 0.251 e. The number of nitrogens with one attached hydrogen (secondary N) is 1. The molecule has 0 spiro atoms. The predicted octanol–water partition coefficient (Wildman–Crippen LogP) is 4.93. The average molecular weight is 409 g/mol. The van der Waals surface area contributed by atoms with E-state index in [0.29, 0.717) is 32.1 Å². The van der Waals surface area contributed by atoms with Crippen LogP contribution in [-0.2, 0) is 17.6 Å². The molecule has 3 N–H and O–H groups in total. The summed E-state index contributed by atoms with van der Waals surface area (Å²) in [4.78, 5) is 25.3. The molecule has 0 fully saturated rings. The highest BCUT2D eigenvalue weighted by molar-refractivity contribution is 7.17. The molecule has 4 nitrogen and oxygen atoms in total. The number of carbonyl (C=O) groups is 2. The Morgan fingerprint density at radius 2 is 2.12 bits per heavy atom. The number of amides is 2. The van der Waals surface area contributed by atoms with Gasteiger partial charge < -0.3 is 11.1 Å². The van der Waals surface area contributed by atoms with Gasteiger partial charge in [0.2, 0.25) is 5.91 Å². The number of halogens is 2. The SMILES string of the molecule is CC1CCc2c(sc(NC(=O)/C=C/c3ccc(Cl)cc3Cl)c2C(N)=O)C1. The van der Waals surface area contributed by atoms with Gasteiger partial charge in [-0.05, 0) is 54.5 Å². The van der Waals surface area contributed by atoms with Crippen molar-refractivity contribution in [1.82, 2.24) is 0 Å². The zero-order valence-electron chi connectivity index (χ0n) is 14.1. The third-order valence-corrected chi connectivity index (χ3v) is 6.10. The fraction of sp³-hybridized carbons (Fsp3) is 0.263. The average Bonchev–Trinajstić information content (AvgIpc) is 2.90. The van der Waals surface area contributed by atoms with Gasteiger partial charge in [0.25, 0.3) is 5.91 Å². The molecule has 1 unspecified atom stereocenters. The first-order valence-corrected chi connectivity index (χ1v) is 9.81. The molecule has 1 aliphatic rings. The van der Waals surface area contributed by atoms with Crippen LogP contribution in [0.2, 0.25) is 10.0 Å². The molecule has 0 radical (unpaired) electrons. The molecule has 2 aromatic rings. The van der Waals surface area contributed by atoms with Crippen LogP contribution in [0.1, 0.15) is 39.7 Å². The molecule has 0 bridgehead atoms. The van der Waals surface area contributed by atoms with Gasteiger partial charge in [0, 0.05) is 21.0 Å². The molecule has 2 amide bonds. The number of carbonyl (C=O) groups excluding carboxylic acids is 2. The summed E-state index contributed by atoms with van der Waals surface area (Å²) in [5.74, 6) is -0.278. The number of hydrogen-bond donors (Lipinski definition) is 2. The summed E-state index contributed by atoms with van der Waals surface area (Å²) in [6.07, 6.45) is 5.73. The van der Waals surface area contributed by atoms with E-state index in [2.05, 4.69) is 12.2 Å². The smallest absolute Gasteiger partial charge is 0.251 e. The van der Waals surface area contributed by atoms with E-state index in [1.807, 2.05) is 0 Å². The second kappa shape index (κ2) is 7.82. The lowest BCUT2D eigenvalue weighted by atomic mass is 9.88. The molecule has 1 atom stereocenters. The zero-order chi connectivity index (χ0) is 18.8. The Kier molecular flexibility index (Phi) is 5.70. The molecule has 3 rings (SSSR count). The van der Waals surface area contributed by atoms with Crippen molar-refractivity contribution in [1.29, 1.82) is 0 Å². The minimum absolute atomic E-state index is 0.342. The number of anilines is 1. The first kappa shape index (κ1) is 19.0. The number of benzene rings is 1. The second-order valence-corrected chi connectivity index (χ2v) is 8.36. The Balaban J connectivity index is 1.81. The van der Waals surface area contributed by atoms with Crippen LogP contribution in [0.15, 0.2) is 24.3 Å². The molecular weight excluding hydrogens is 391 g/mol. The second-order valence-electron chi connectivity index (χ2n) is 6.41. The number of hydrogen-bond acceptors (Lipinski definition) is 3. The maximum atomic E-state index is 12.3. The zero-order valence-corrected chi connectivity index (χ0v) is 16.5. The van der Waals surface area contributed by atoms with Crippen molar-refractivity contribution < 1.29 is 9.59 Å². The van der Waals surface area contributed by atoms with Crippen LogP contribution in [0.25, 0.3) is 6.08 Å². The monoisotopic (exact) mass is 408 g/mol. The lowest BCUT2D eigenvalue weighted by molar-refractivity contribution is -0.111. The van der Waals surface area contributed by atoms with Crippen LogP contribution < -0.4 is 11.1 Å². The van der Waals surface area contributed by atoms with Crippen LogP contribution in [0, 0.1) is 5.92 Å². The van der Waals surface area contributed by atoms with E-state index in [-0.39, 0.29) is 5.91 Å². The molecule has 7 heteroatoms. The normalized spacial score (nSPS) is 16.5. The van der Waals surface area contributed by atoms with Gasteiger partial charge in [-0.2, -0.15) is 0 Å². The summed E-state index contributed by atoms with van der Waals surface area (Å²) >= 11 is 13.4. The molecule has 26 heavy (non-hydrogen) atoms. The van der Waals surface area contributed by atoms with Crippen LogP contribution >= 0.6 is 34.5 Å². The van der Waals surface area contributed by atoms with Gasteiger partial charge in [-0.1, -0.05) is 36.2 Å². The van der Waals surface area contributed by atoms with Crippen LogP contribution in [0.4, 0.5) is 5.00 Å². The Labute approximate surface area is 166 Å². The van der Waals surface area contributed by atoms with E-state index in [0.717, 1.165) is 29.7 Å². The van der Waals surface area contributed by atoms with E-state index in [1.165, 1.54) is 17.4 Å². The molecule has 1 aliphatic carbocycles. The van der Waals surface area contributed by atoms with E-state index in [9.17, 15) is 9.59 Å². The van der Waals surface area contributed by atoms with Crippen molar-refractivity contribution in [3.05, 3.63) is 55.9 Å². The van der Waals surface area contributed by atoms with Gasteiger partial charge in [0.15, 0.2) is 0 Å². The standard InChI is InChI=1S/C19H18Cl2N2O2S/c1-10-2-6-13-15(8-10)26-19(17(13)18(22)25)23-16(24)7-4-11-3-5-12(20)9-14(11)21/h3-5,7,9-10H,2,6,8H2,1H3,(H2,22,25)(H,23,24)/b7-4+.